The molecule has 2 unspecified atom stereocenters. The minimum atomic E-state index is 0. The van der Waals surface area contributed by atoms with Crippen LogP contribution >= 0.6 is 24.0 Å². The highest BCUT2D eigenvalue weighted by molar-refractivity contribution is 14.0. The van der Waals surface area contributed by atoms with E-state index in [9.17, 15) is 0 Å². The van der Waals surface area contributed by atoms with Crippen molar-refractivity contribution >= 4 is 29.9 Å². The molecule has 0 bridgehead atoms. The molecule has 1 aromatic rings. The molecule has 1 aliphatic heterocycles. The predicted molar refractivity (Wildman–Crippen MR) is 132 cm³/mol. The zero-order valence-corrected chi connectivity index (χ0v) is 21.1. The van der Waals surface area contributed by atoms with E-state index in [1.54, 1.807) is 0 Å². The van der Waals surface area contributed by atoms with Crippen molar-refractivity contribution in [1.29, 1.82) is 0 Å². The van der Waals surface area contributed by atoms with E-state index in [-0.39, 0.29) is 35.5 Å². The summed E-state index contributed by atoms with van der Waals surface area (Å²) in [6, 6.07) is 8.42. The van der Waals surface area contributed by atoms with Crippen LogP contribution in [0, 0.1) is 11.3 Å². The van der Waals surface area contributed by atoms with Gasteiger partial charge in [0.05, 0.1) is 12.7 Å². The van der Waals surface area contributed by atoms with E-state index in [1.165, 1.54) is 17.5 Å². The number of aliphatic imine (C=N–C) groups is 1. The lowest BCUT2D eigenvalue weighted by molar-refractivity contribution is -0.0835. The Labute approximate surface area is 194 Å². The highest BCUT2D eigenvalue weighted by atomic mass is 127. The molecule has 2 N–H and O–H groups in total. The molecule has 0 saturated carbocycles. The van der Waals surface area contributed by atoms with Crippen molar-refractivity contribution in [3.05, 3.63) is 35.4 Å². The van der Waals surface area contributed by atoms with E-state index >= 15 is 0 Å². The molecule has 0 aromatic heterocycles. The van der Waals surface area contributed by atoms with Crippen LogP contribution < -0.4 is 10.6 Å². The molecule has 0 amide bonds. The molecule has 0 aliphatic carbocycles. The van der Waals surface area contributed by atoms with Crippen LogP contribution in [0.15, 0.2) is 29.3 Å². The van der Waals surface area contributed by atoms with Gasteiger partial charge in [0, 0.05) is 39.3 Å². The molecule has 166 valence electrons. The van der Waals surface area contributed by atoms with Crippen LogP contribution in [0.4, 0.5) is 0 Å². The minimum absolute atomic E-state index is 0. The molecule has 2 rings (SSSR count). The van der Waals surface area contributed by atoms with Crippen molar-refractivity contribution in [3.8, 4) is 0 Å². The number of benzene rings is 1. The standard InChI is InChI=1S/C23H39N3O2.HI/c1-6-13-27-17-20-11-8-7-10-18(20)15-25-22(24-5)26-16-19-12-9-14-28-21(19)23(2,3)4;/h7-8,10-11,19,21H,6,9,12-17H2,1-5H3,(H2,24,25,26);1H. The molecule has 2 atom stereocenters. The van der Waals surface area contributed by atoms with Crippen LogP contribution in [0.3, 0.4) is 0 Å². The van der Waals surface area contributed by atoms with Gasteiger partial charge in [0.1, 0.15) is 0 Å². The number of nitrogens with zero attached hydrogens (tertiary/aromatic N) is 1. The molecule has 1 saturated heterocycles. The predicted octanol–water partition coefficient (Wildman–Crippen LogP) is 4.74. The van der Waals surface area contributed by atoms with Crippen LogP contribution in [0.2, 0.25) is 0 Å². The van der Waals surface area contributed by atoms with Gasteiger partial charge in [0.2, 0.25) is 0 Å². The van der Waals surface area contributed by atoms with Crippen molar-refractivity contribution < 1.29 is 9.47 Å². The van der Waals surface area contributed by atoms with Gasteiger partial charge in [-0.2, -0.15) is 0 Å². The van der Waals surface area contributed by atoms with Gasteiger partial charge in [0.25, 0.3) is 0 Å². The van der Waals surface area contributed by atoms with Gasteiger partial charge in [-0.05, 0) is 35.8 Å². The van der Waals surface area contributed by atoms with Gasteiger partial charge in [-0.3, -0.25) is 4.99 Å². The highest BCUT2D eigenvalue weighted by Gasteiger charge is 2.35. The lowest BCUT2D eigenvalue weighted by Crippen LogP contribution is -2.47. The number of hydrogen-bond acceptors (Lipinski definition) is 3. The largest absolute Gasteiger partial charge is 0.377 e. The van der Waals surface area contributed by atoms with Crippen LogP contribution in [-0.2, 0) is 22.6 Å². The number of halogens is 1. The van der Waals surface area contributed by atoms with Crippen LogP contribution in [-0.4, -0.2) is 38.9 Å². The fourth-order valence-corrected chi connectivity index (χ4v) is 3.83. The molecule has 1 heterocycles. The zero-order chi connectivity index (χ0) is 20.4. The van der Waals surface area contributed by atoms with E-state index in [4.69, 9.17) is 9.47 Å². The van der Waals surface area contributed by atoms with Crippen molar-refractivity contribution in [2.45, 2.75) is 66.2 Å². The number of rotatable bonds is 8. The summed E-state index contributed by atoms with van der Waals surface area (Å²) in [5, 5.41) is 6.96. The van der Waals surface area contributed by atoms with E-state index in [0.29, 0.717) is 12.5 Å². The third-order valence-electron chi connectivity index (χ3n) is 5.22. The summed E-state index contributed by atoms with van der Waals surface area (Å²) in [7, 11) is 1.82. The Morgan fingerprint density at radius 2 is 1.93 bits per heavy atom. The number of guanidine groups is 1. The Morgan fingerprint density at radius 3 is 2.59 bits per heavy atom. The molecule has 1 aromatic carbocycles. The molecule has 6 heteroatoms. The number of nitrogens with one attached hydrogen (secondary N) is 2. The topological polar surface area (TPSA) is 54.9 Å². The maximum Gasteiger partial charge on any atom is 0.191 e. The number of ether oxygens (including phenoxy) is 2. The SMILES string of the molecule is CCCOCc1ccccc1CNC(=NC)NCC1CCCOC1C(C)(C)C.I. The Hall–Kier alpha value is -0.860. The first kappa shape index (κ1) is 26.2. The third-order valence-corrected chi connectivity index (χ3v) is 5.22. The van der Waals surface area contributed by atoms with Crippen molar-refractivity contribution in [2.24, 2.45) is 16.3 Å². The van der Waals surface area contributed by atoms with Gasteiger partial charge in [0.15, 0.2) is 5.96 Å². The van der Waals surface area contributed by atoms with Crippen molar-refractivity contribution in [3.63, 3.8) is 0 Å². The van der Waals surface area contributed by atoms with E-state index in [0.717, 1.165) is 45.1 Å². The first-order valence-corrected chi connectivity index (χ1v) is 10.7. The summed E-state index contributed by atoms with van der Waals surface area (Å²) >= 11 is 0. The van der Waals surface area contributed by atoms with Gasteiger partial charge in [-0.1, -0.05) is 52.0 Å². The van der Waals surface area contributed by atoms with Crippen LogP contribution in [0.1, 0.15) is 58.1 Å². The average Bonchev–Trinajstić information content (AvgIpc) is 2.69. The van der Waals surface area contributed by atoms with Gasteiger partial charge in [-0.25, -0.2) is 0 Å². The molecule has 1 fully saturated rings. The fraction of sp³-hybridized carbons (Fsp3) is 0.696. The summed E-state index contributed by atoms with van der Waals surface area (Å²) in [6.45, 7) is 12.9. The Morgan fingerprint density at radius 1 is 1.21 bits per heavy atom. The molecule has 0 radical (unpaired) electrons. The van der Waals surface area contributed by atoms with Gasteiger partial charge >= 0.3 is 0 Å². The minimum Gasteiger partial charge on any atom is -0.377 e. The molecular weight excluding hydrogens is 477 g/mol. The molecular formula is C23H40IN3O2. The van der Waals surface area contributed by atoms with Crippen LogP contribution in [0.5, 0.6) is 0 Å². The lowest BCUT2D eigenvalue weighted by Gasteiger charge is -2.40. The summed E-state index contributed by atoms with van der Waals surface area (Å²) in [5.41, 5.74) is 2.63. The Kier molecular flexibility index (Phi) is 12.1. The van der Waals surface area contributed by atoms with Crippen LogP contribution in [0.25, 0.3) is 0 Å². The third kappa shape index (κ3) is 8.80. The highest BCUT2D eigenvalue weighted by Crippen LogP contribution is 2.33. The molecule has 29 heavy (non-hydrogen) atoms. The summed E-state index contributed by atoms with van der Waals surface area (Å²) in [6.07, 6.45) is 3.65. The van der Waals surface area contributed by atoms with Gasteiger partial charge in [-0.15, -0.1) is 24.0 Å². The average molecular weight is 517 g/mol. The second-order valence-electron chi connectivity index (χ2n) is 8.69. The first-order chi connectivity index (χ1) is 13.5. The fourth-order valence-electron chi connectivity index (χ4n) is 3.83. The summed E-state index contributed by atoms with van der Waals surface area (Å²) in [4.78, 5) is 4.40. The number of hydrogen-bond donors (Lipinski definition) is 2. The van der Waals surface area contributed by atoms with Gasteiger partial charge < -0.3 is 20.1 Å². The maximum absolute atomic E-state index is 6.10. The lowest BCUT2D eigenvalue weighted by atomic mass is 9.78. The normalized spacial score (nSPS) is 20.1. The molecule has 1 aliphatic rings. The second kappa shape index (κ2) is 13.4. The second-order valence-corrected chi connectivity index (χ2v) is 8.69. The Bertz CT molecular complexity index is 616. The summed E-state index contributed by atoms with van der Waals surface area (Å²) < 4.78 is 11.8. The summed E-state index contributed by atoms with van der Waals surface area (Å²) in [5.74, 6) is 1.34. The Balaban J connectivity index is 0.00000420. The monoisotopic (exact) mass is 517 g/mol. The molecule has 5 nitrogen and oxygen atoms in total. The van der Waals surface area contributed by atoms with E-state index < -0.39 is 0 Å². The smallest absolute Gasteiger partial charge is 0.191 e. The zero-order valence-electron chi connectivity index (χ0n) is 18.8. The van der Waals surface area contributed by atoms with E-state index in [2.05, 4.69) is 67.6 Å². The first-order valence-electron chi connectivity index (χ1n) is 10.7. The van der Waals surface area contributed by atoms with Crippen molar-refractivity contribution in [1.82, 2.24) is 10.6 Å². The maximum atomic E-state index is 6.10. The quantitative estimate of drug-likeness (QED) is 0.227. The molecule has 0 spiro atoms. The van der Waals surface area contributed by atoms with E-state index in [1.807, 2.05) is 7.05 Å². The van der Waals surface area contributed by atoms with Crippen molar-refractivity contribution in [2.75, 3.05) is 26.8 Å².